The molecular formula is C25H26F2N4. The van der Waals surface area contributed by atoms with E-state index in [2.05, 4.69) is 40.6 Å². The second kappa shape index (κ2) is 8.92. The topological polar surface area (TPSA) is 41.4 Å². The zero-order valence-corrected chi connectivity index (χ0v) is 18.0. The van der Waals surface area contributed by atoms with E-state index >= 15 is 0 Å². The molecule has 1 aliphatic rings. The molecule has 1 unspecified atom stereocenters. The lowest BCUT2D eigenvalue weighted by Crippen LogP contribution is -2.31. The normalized spacial score (nSPS) is 15.9. The highest BCUT2D eigenvalue weighted by atomic mass is 19.1. The highest BCUT2D eigenvalue weighted by molar-refractivity contribution is 6.02. The summed E-state index contributed by atoms with van der Waals surface area (Å²) in [7, 11) is 0. The first-order chi connectivity index (χ1) is 15.0. The molecule has 160 valence electrons. The maximum absolute atomic E-state index is 14.1. The first-order valence-corrected chi connectivity index (χ1v) is 10.7. The van der Waals surface area contributed by atoms with Crippen molar-refractivity contribution in [2.75, 3.05) is 11.4 Å². The fourth-order valence-electron chi connectivity index (χ4n) is 4.05. The molecule has 6 heteroatoms. The van der Waals surface area contributed by atoms with Gasteiger partial charge in [0.25, 0.3) is 0 Å². The minimum atomic E-state index is -0.558. The number of aromatic nitrogens is 2. The average molecular weight is 421 g/mol. The van der Waals surface area contributed by atoms with E-state index in [1.165, 1.54) is 18.2 Å². The fourth-order valence-corrected chi connectivity index (χ4v) is 4.05. The lowest BCUT2D eigenvalue weighted by atomic mass is 10.0. The van der Waals surface area contributed by atoms with Crippen molar-refractivity contribution in [3.05, 3.63) is 77.6 Å². The molecule has 2 heterocycles. The summed E-state index contributed by atoms with van der Waals surface area (Å²) in [4.78, 5) is 15.8. The van der Waals surface area contributed by atoms with Crippen molar-refractivity contribution in [1.29, 1.82) is 0 Å². The van der Waals surface area contributed by atoms with Crippen LogP contribution in [0.1, 0.15) is 50.8 Å². The molecule has 1 aliphatic heterocycles. The van der Waals surface area contributed by atoms with Crippen LogP contribution in [0, 0.1) is 11.6 Å². The summed E-state index contributed by atoms with van der Waals surface area (Å²) < 4.78 is 28.2. The monoisotopic (exact) mass is 420 g/mol. The van der Waals surface area contributed by atoms with Crippen LogP contribution in [0.25, 0.3) is 11.1 Å². The summed E-state index contributed by atoms with van der Waals surface area (Å²) in [6.07, 6.45) is 4.98. The Kier molecular flexibility index (Phi) is 6.07. The molecule has 0 fully saturated rings. The maximum Gasteiger partial charge on any atom is 0.225 e. The highest BCUT2D eigenvalue weighted by Gasteiger charge is 2.24. The van der Waals surface area contributed by atoms with E-state index in [-0.39, 0.29) is 11.6 Å². The van der Waals surface area contributed by atoms with Crippen LogP contribution in [0.3, 0.4) is 0 Å². The van der Waals surface area contributed by atoms with E-state index in [0.29, 0.717) is 18.2 Å². The van der Waals surface area contributed by atoms with Crippen LogP contribution in [0.5, 0.6) is 0 Å². The Hall–Kier alpha value is -3.15. The number of anilines is 1. The van der Waals surface area contributed by atoms with Gasteiger partial charge in [-0.2, -0.15) is 0 Å². The highest BCUT2D eigenvalue weighted by Crippen LogP contribution is 2.33. The first kappa shape index (κ1) is 21.1. The van der Waals surface area contributed by atoms with Crippen LogP contribution < -0.4 is 4.90 Å². The van der Waals surface area contributed by atoms with E-state index in [0.717, 1.165) is 35.6 Å². The molecular weight excluding hydrogens is 394 g/mol. The molecule has 0 amide bonds. The van der Waals surface area contributed by atoms with Crippen LogP contribution in [-0.4, -0.2) is 28.3 Å². The largest absolute Gasteiger partial charge is 0.339 e. The lowest BCUT2D eigenvalue weighted by molar-refractivity contribution is 0.578. The van der Waals surface area contributed by atoms with Gasteiger partial charge in [0, 0.05) is 36.3 Å². The van der Waals surface area contributed by atoms with Gasteiger partial charge >= 0.3 is 0 Å². The Labute approximate surface area is 181 Å². The summed E-state index contributed by atoms with van der Waals surface area (Å²) in [6.45, 7) is 7.19. The summed E-state index contributed by atoms with van der Waals surface area (Å²) in [5.74, 6) is -0.388. The second-order valence-corrected chi connectivity index (χ2v) is 8.00. The van der Waals surface area contributed by atoms with Gasteiger partial charge in [-0.1, -0.05) is 30.3 Å². The number of aliphatic imine (C=N–C) groups is 1. The number of hydrogen-bond acceptors (Lipinski definition) is 4. The molecule has 4 rings (SSSR count). The summed E-state index contributed by atoms with van der Waals surface area (Å²) in [5, 5.41) is 0. The van der Waals surface area contributed by atoms with Gasteiger partial charge < -0.3 is 4.90 Å². The van der Waals surface area contributed by atoms with Crippen LogP contribution in [0.2, 0.25) is 0 Å². The Morgan fingerprint density at radius 3 is 2.19 bits per heavy atom. The van der Waals surface area contributed by atoms with Gasteiger partial charge in [-0.05, 0) is 56.9 Å². The third kappa shape index (κ3) is 4.33. The summed E-state index contributed by atoms with van der Waals surface area (Å²) in [5.41, 5.74) is 3.50. The smallest absolute Gasteiger partial charge is 0.225 e. The SMILES string of the molecule is CCN(c1ncc(-c2ccc(C3CCC(c4c(F)cccc4F)=N3)cc2)cn1)C(C)C. The molecule has 3 aromatic rings. The number of benzene rings is 2. The Balaban J connectivity index is 1.52. The minimum Gasteiger partial charge on any atom is -0.339 e. The van der Waals surface area contributed by atoms with Crippen molar-refractivity contribution >= 4 is 11.7 Å². The van der Waals surface area contributed by atoms with Crippen LogP contribution in [0.4, 0.5) is 14.7 Å². The zero-order valence-electron chi connectivity index (χ0n) is 18.0. The van der Waals surface area contributed by atoms with Gasteiger partial charge in [-0.25, -0.2) is 18.7 Å². The van der Waals surface area contributed by atoms with Gasteiger partial charge in [0.2, 0.25) is 5.95 Å². The molecule has 0 aliphatic carbocycles. The van der Waals surface area contributed by atoms with E-state index in [4.69, 9.17) is 0 Å². The molecule has 31 heavy (non-hydrogen) atoms. The van der Waals surface area contributed by atoms with Gasteiger partial charge in [-0.3, -0.25) is 4.99 Å². The van der Waals surface area contributed by atoms with Crippen LogP contribution >= 0.6 is 0 Å². The van der Waals surface area contributed by atoms with Gasteiger partial charge in [0.1, 0.15) is 11.6 Å². The Morgan fingerprint density at radius 1 is 0.968 bits per heavy atom. The van der Waals surface area contributed by atoms with Crippen molar-refractivity contribution in [2.45, 2.75) is 45.7 Å². The number of rotatable bonds is 6. The molecule has 0 bridgehead atoms. The lowest BCUT2D eigenvalue weighted by Gasteiger charge is -2.24. The van der Waals surface area contributed by atoms with Crippen molar-refractivity contribution in [2.24, 2.45) is 4.99 Å². The van der Waals surface area contributed by atoms with Crippen molar-refractivity contribution in [1.82, 2.24) is 9.97 Å². The molecule has 0 spiro atoms. The molecule has 0 saturated heterocycles. The number of hydrogen-bond donors (Lipinski definition) is 0. The molecule has 0 radical (unpaired) electrons. The minimum absolute atomic E-state index is 0.00128. The third-order valence-corrected chi connectivity index (χ3v) is 5.71. The number of nitrogens with zero attached hydrogens (tertiary/aromatic N) is 4. The average Bonchev–Trinajstić information content (AvgIpc) is 3.24. The van der Waals surface area contributed by atoms with E-state index in [9.17, 15) is 8.78 Å². The Morgan fingerprint density at radius 2 is 1.61 bits per heavy atom. The number of halogens is 2. The molecule has 1 aromatic heterocycles. The van der Waals surface area contributed by atoms with E-state index in [1.807, 2.05) is 36.7 Å². The maximum atomic E-state index is 14.1. The van der Waals surface area contributed by atoms with E-state index in [1.54, 1.807) is 0 Å². The standard InChI is InChI=1S/C25H26F2N4/c1-4-31(16(2)3)25-28-14-19(15-29-25)17-8-10-18(11-9-17)22-12-13-23(30-22)24-20(26)6-5-7-21(24)27/h5-11,14-16,22H,4,12-13H2,1-3H3. The quantitative estimate of drug-likeness (QED) is 0.493. The predicted molar refractivity (Wildman–Crippen MR) is 120 cm³/mol. The van der Waals surface area contributed by atoms with Crippen LogP contribution in [-0.2, 0) is 0 Å². The molecule has 0 N–H and O–H groups in total. The summed E-state index contributed by atoms with van der Waals surface area (Å²) >= 11 is 0. The molecule has 4 nitrogen and oxygen atoms in total. The van der Waals surface area contributed by atoms with Crippen molar-refractivity contribution < 1.29 is 8.78 Å². The van der Waals surface area contributed by atoms with Gasteiger partial charge in [-0.15, -0.1) is 0 Å². The third-order valence-electron chi connectivity index (χ3n) is 5.71. The molecule has 2 aromatic carbocycles. The Bertz CT molecular complexity index is 1060. The fraction of sp³-hybridized carbons (Fsp3) is 0.320. The molecule has 0 saturated carbocycles. The van der Waals surface area contributed by atoms with E-state index < -0.39 is 11.6 Å². The van der Waals surface area contributed by atoms with Gasteiger partial charge in [0.15, 0.2) is 0 Å². The zero-order chi connectivity index (χ0) is 22.0. The predicted octanol–water partition coefficient (Wildman–Crippen LogP) is 5.98. The summed E-state index contributed by atoms with van der Waals surface area (Å²) in [6, 6.07) is 12.2. The second-order valence-electron chi connectivity index (χ2n) is 8.00. The van der Waals surface area contributed by atoms with Crippen molar-refractivity contribution in [3.63, 3.8) is 0 Å². The van der Waals surface area contributed by atoms with Crippen molar-refractivity contribution in [3.8, 4) is 11.1 Å². The van der Waals surface area contributed by atoms with Gasteiger partial charge in [0.05, 0.1) is 11.6 Å². The molecule has 1 atom stereocenters. The van der Waals surface area contributed by atoms with Crippen LogP contribution in [0.15, 0.2) is 59.9 Å². The first-order valence-electron chi connectivity index (χ1n) is 10.7.